The van der Waals surface area contributed by atoms with Crippen LogP contribution in [0.2, 0.25) is 0 Å². The lowest BCUT2D eigenvalue weighted by Gasteiger charge is -2.27. The minimum absolute atomic E-state index is 0. The summed E-state index contributed by atoms with van der Waals surface area (Å²) in [6, 6.07) is 8.47. The van der Waals surface area contributed by atoms with Crippen LogP contribution in [0, 0.1) is 0 Å². The number of aryl methyl sites for hydroxylation is 1. The molecule has 0 aliphatic carbocycles. The molecule has 1 fully saturated rings. The zero-order valence-corrected chi connectivity index (χ0v) is 15.0. The summed E-state index contributed by atoms with van der Waals surface area (Å²) in [5.74, 6) is 0.122. The smallest absolute Gasteiger partial charge is 0.224 e. The second kappa shape index (κ2) is 11.4. The number of rotatable bonds is 8. The highest BCUT2D eigenvalue weighted by Crippen LogP contribution is 2.08. The molecule has 1 saturated heterocycles. The van der Waals surface area contributed by atoms with Crippen LogP contribution in [0.5, 0.6) is 0 Å². The Kier molecular flexibility index (Phi) is 9.92. The molecule has 1 amide bonds. The minimum atomic E-state index is 0. The Morgan fingerprint density at radius 1 is 1.17 bits per heavy atom. The van der Waals surface area contributed by atoms with Crippen molar-refractivity contribution in [2.75, 3.05) is 39.3 Å². The Labute approximate surface area is 146 Å². The number of nitrogens with one attached hydrogen (secondary N) is 2. The van der Waals surface area contributed by atoms with Crippen molar-refractivity contribution in [2.24, 2.45) is 0 Å². The summed E-state index contributed by atoms with van der Waals surface area (Å²) >= 11 is 0. The first kappa shape index (κ1) is 19.9. The van der Waals surface area contributed by atoms with E-state index in [1.54, 1.807) is 0 Å². The molecular weight excluding hydrogens is 310 g/mol. The van der Waals surface area contributed by atoms with Crippen LogP contribution in [-0.2, 0) is 17.6 Å². The van der Waals surface area contributed by atoms with Crippen molar-refractivity contribution in [1.29, 1.82) is 0 Å². The molecule has 0 bridgehead atoms. The monoisotopic (exact) mass is 339 g/mol. The summed E-state index contributed by atoms with van der Waals surface area (Å²) in [7, 11) is 0. The molecule has 0 unspecified atom stereocenters. The van der Waals surface area contributed by atoms with Crippen molar-refractivity contribution in [3.05, 3.63) is 35.4 Å². The zero-order chi connectivity index (χ0) is 15.6. The quantitative estimate of drug-likeness (QED) is 0.761. The maximum atomic E-state index is 12.0. The Hall–Kier alpha value is -1.10. The van der Waals surface area contributed by atoms with Gasteiger partial charge in [-0.25, -0.2) is 0 Å². The average molecular weight is 340 g/mol. The lowest BCUT2D eigenvalue weighted by molar-refractivity contribution is -0.120. The molecule has 2 rings (SSSR count). The normalized spacial score (nSPS) is 15.0. The van der Waals surface area contributed by atoms with Gasteiger partial charge in [0.2, 0.25) is 5.91 Å². The summed E-state index contributed by atoms with van der Waals surface area (Å²) in [5, 5.41) is 6.36. The van der Waals surface area contributed by atoms with E-state index in [2.05, 4.69) is 46.7 Å². The first-order chi connectivity index (χ1) is 10.8. The molecule has 1 aliphatic heterocycles. The number of hydrogen-bond donors (Lipinski definition) is 2. The Morgan fingerprint density at radius 3 is 2.48 bits per heavy atom. The molecule has 0 atom stereocenters. The molecule has 1 aliphatic rings. The molecule has 2 N–H and O–H groups in total. The molecule has 130 valence electrons. The highest BCUT2D eigenvalue weighted by molar-refractivity contribution is 5.85. The van der Waals surface area contributed by atoms with Gasteiger partial charge in [0, 0.05) is 39.3 Å². The highest BCUT2D eigenvalue weighted by atomic mass is 35.5. The van der Waals surface area contributed by atoms with E-state index in [9.17, 15) is 4.79 Å². The van der Waals surface area contributed by atoms with Gasteiger partial charge >= 0.3 is 0 Å². The van der Waals surface area contributed by atoms with E-state index in [1.165, 1.54) is 18.4 Å². The van der Waals surface area contributed by atoms with E-state index in [-0.39, 0.29) is 18.3 Å². The van der Waals surface area contributed by atoms with Gasteiger partial charge in [0.1, 0.15) is 0 Å². The summed E-state index contributed by atoms with van der Waals surface area (Å²) in [4.78, 5) is 14.4. The number of carbonyl (C=O) groups is 1. The van der Waals surface area contributed by atoms with Gasteiger partial charge < -0.3 is 10.6 Å². The van der Waals surface area contributed by atoms with E-state index < -0.39 is 0 Å². The highest BCUT2D eigenvalue weighted by Gasteiger charge is 2.09. The first-order valence-electron chi connectivity index (χ1n) is 8.55. The molecule has 1 aromatic rings. The predicted molar refractivity (Wildman–Crippen MR) is 98.3 cm³/mol. The van der Waals surface area contributed by atoms with Gasteiger partial charge in [0.25, 0.3) is 0 Å². The van der Waals surface area contributed by atoms with Crippen molar-refractivity contribution in [3.63, 3.8) is 0 Å². The lowest BCUT2D eigenvalue weighted by Crippen LogP contribution is -2.46. The van der Waals surface area contributed by atoms with Gasteiger partial charge in [0.15, 0.2) is 0 Å². The third-order valence-corrected chi connectivity index (χ3v) is 4.17. The van der Waals surface area contributed by atoms with Gasteiger partial charge in [-0.3, -0.25) is 9.69 Å². The van der Waals surface area contributed by atoms with E-state index in [1.807, 2.05) is 0 Å². The minimum Gasteiger partial charge on any atom is -0.355 e. The van der Waals surface area contributed by atoms with Crippen molar-refractivity contribution in [3.8, 4) is 0 Å². The number of amides is 1. The first-order valence-corrected chi connectivity index (χ1v) is 8.55. The molecule has 23 heavy (non-hydrogen) atoms. The van der Waals surface area contributed by atoms with Gasteiger partial charge in [0.05, 0.1) is 6.42 Å². The Bertz CT molecular complexity index is 444. The molecule has 0 aromatic heterocycles. The zero-order valence-electron chi connectivity index (χ0n) is 14.1. The van der Waals surface area contributed by atoms with Gasteiger partial charge in [-0.05, 0) is 24.0 Å². The van der Waals surface area contributed by atoms with Crippen molar-refractivity contribution >= 4 is 18.3 Å². The predicted octanol–water partition coefficient (Wildman–Crippen LogP) is 2.01. The van der Waals surface area contributed by atoms with Gasteiger partial charge in [-0.1, -0.05) is 37.6 Å². The van der Waals surface area contributed by atoms with Crippen LogP contribution in [0.1, 0.15) is 30.9 Å². The third kappa shape index (κ3) is 7.82. The Balaban J connectivity index is 0.00000264. The fourth-order valence-corrected chi connectivity index (χ4v) is 2.74. The van der Waals surface area contributed by atoms with Crippen molar-refractivity contribution in [2.45, 2.75) is 32.6 Å². The van der Waals surface area contributed by atoms with E-state index in [0.717, 1.165) is 51.3 Å². The second-order valence-electron chi connectivity index (χ2n) is 6.04. The molecule has 0 spiro atoms. The van der Waals surface area contributed by atoms with Crippen LogP contribution in [-0.4, -0.2) is 50.1 Å². The Morgan fingerprint density at radius 2 is 1.83 bits per heavy atom. The number of nitrogens with zero attached hydrogens (tertiary/aromatic N) is 1. The van der Waals surface area contributed by atoms with Gasteiger partial charge in [-0.15, -0.1) is 12.4 Å². The second-order valence-corrected chi connectivity index (χ2v) is 6.04. The maximum absolute atomic E-state index is 12.0. The SMILES string of the molecule is CCCCc1ccc(CC(=O)NCCN2CCNCC2)cc1.Cl. The summed E-state index contributed by atoms with van der Waals surface area (Å²) in [5.41, 5.74) is 2.46. The van der Waals surface area contributed by atoms with Crippen molar-refractivity contribution in [1.82, 2.24) is 15.5 Å². The van der Waals surface area contributed by atoms with Crippen molar-refractivity contribution < 1.29 is 4.79 Å². The van der Waals surface area contributed by atoms with Crippen LogP contribution < -0.4 is 10.6 Å². The summed E-state index contributed by atoms with van der Waals surface area (Å²) < 4.78 is 0. The van der Waals surface area contributed by atoms with Crippen LogP contribution in [0.3, 0.4) is 0 Å². The topological polar surface area (TPSA) is 44.4 Å². The molecule has 0 saturated carbocycles. The molecule has 4 nitrogen and oxygen atoms in total. The fraction of sp³-hybridized carbons (Fsp3) is 0.611. The van der Waals surface area contributed by atoms with E-state index in [0.29, 0.717) is 6.42 Å². The number of halogens is 1. The number of hydrogen-bond acceptors (Lipinski definition) is 3. The summed E-state index contributed by atoms with van der Waals surface area (Å²) in [6.45, 7) is 8.16. The third-order valence-electron chi connectivity index (χ3n) is 4.17. The number of unbranched alkanes of at least 4 members (excludes halogenated alkanes) is 1. The number of carbonyl (C=O) groups excluding carboxylic acids is 1. The fourth-order valence-electron chi connectivity index (χ4n) is 2.74. The number of piperazine rings is 1. The maximum Gasteiger partial charge on any atom is 0.224 e. The molecule has 0 radical (unpaired) electrons. The standard InChI is InChI=1S/C18H29N3O.ClH/c1-2-3-4-16-5-7-17(8-6-16)15-18(22)20-11-14-21-12-9-19-10-13-21;/h5-8,19H,2-4,9-15H2,1H3,(H,20,22);1H. The number of benzene rings is 1. The lowest BCUT2D eigenvalue weighted by atomic mass is 10.0. The molecule has 5 heteroatoms. The van der Waals surface area contributed by atoms with Crippen LogP contribution >= 0.6 is 12.4 Å². The van der Waals surface area contributed by atoms with E-state index >= 15 is 0 Å². The molecule has 1 heterocycles. The summed E-state index contributed by atoms with van der Waals surface area (Å²) in [6.07, 6.45) is 4.06. The van der Waals surface area contributed by atoms with Crippen LogP contribution in [0.15, 0.2) is 24.3 Å². The molecular formula is C18H30ClN3O. The van der Waals surface area contributed by atoms with Crippen LogP contribution in [0.25, 0.3) is 0 Å². The average Bonchev–Trinajstić information content (AvgIpc) is 2.55. The van der Waals surface area contributed by atoms with Gasteiger partial charge in [-0.2, -0.15) is 0 Å². The largest absolute Gasteiger partial charge is 0.355 e. The molecule has 1 aromatic carbocycles. The van der Waals surface area contributed by atoms with E-state index in [4.69, 9.17) is 0 Å². The van der Waals surface area contributed by atoms with Crippen LogP contribution in [0.4, 0.5) is 0 Å².